The van der Waals surface area contributed by atoms with Gasteiger partial charge in [0.25, 0.3) is 0 Å². The summed E-state index contributed by atoms with van der Waals surface area (Å²) in [7, 11) is 0. The van der Waals surface area contributed by atoms with Crippen molar-refractivity contribution < 1.29 is 7.65 Å². The molecule has 1 heterocycles. The highest BCUT2D eigenvalue weighted by Gasteiger charge is 2.16. The van der Waals surface area contributed by atoms with Crippen molar-refractivity contribution in [2.24, 2.45) is 11.5 Å². The summed E-state index contributed by atoms with van der Waals surface area (Å²) < 4.78 is 0. The van der Waals surface area contributed by atoms with Crippen molar-refractivity contribution in [1.29, 1.82) is 0 Å². The first-order valence-corrected chi connectivity index (χ1v) is 6.65. The van der Waals surface area contributed by atoms with Crippen LogP contribution in [0.1, 0.15) is 29.5 Å². The lowest BCUT2D eigenvalue weighted by Gasteiger charge is -2.34. The third-order valence-electron chi connectivity index (χ3n) is 2.82. The lowest BCUT2D eigenvalue weighted by molar-refractivity contribution is -0.118. The molecule has 4 N–H and O–H groups in total. The third-order valence-corrected chi connectivity index (χ3v) is 2.82. The minimum Gasteiger partial charge on any atom is -0.370 e. The predicted molar refractivity (Wildman–Crippen MR) is 75.9 cm³/mol. The van der Waals surface area contributed by atoms with Gasteiger partial charge in [0.05, 0.1) is 0 Å². The lowest BCUT2D eigenvalue weighted by atomic mass is 10.2. The maximum absolute atomic E-state index is 10.6. The molecule has 5 heteroatoms. The Kier molecular flexibility index (Phi) is 10.1. The molecule has 0 aromatic carbocycles. The van der Waals surface area contributed by atoms with Gasteiger partial charge in [-0.15, -0.1) is 0 Å². The molecule has 106 valence electrons. The van der Waals surface area contributed by atoms with E-state index < -0.39 is 0 Å². The summed E-state index contributed by atoms with van der Waals surface area (Å²) in [5, 5.41) is 0. The molecule has 0 radical (unpaired) electrons. The van der Waals surface area contributed by atoms with Crippen LogP contribution in [0, 0.1) is 0 Å². The predicted octanol–water partition coefficient (Wildman–Crippen LogP) is 0.346. The molecule has 0 aliphatic carbocycles. The Balaban J connectivity index is -0.000000609. The van der Waals surface area contributed by atoms with Crippen LogP contribution in [-0.2, 0) is 4.79 Å². The largest absolute Gasteiger partial charge is 0.370 e. The van der Waals surface area contributed by atoms with Gasteiger partial charge in [0.15, 0.2) is 0 Å². The highest BCUT2D eigenvalue weighted by Crippen LogP contribution is 2.02. The molecule has 1 aliphatic rings. The fraction of sp³-hybridized carbons (Fsp3) is 0.917. The van der Waals surface area contributed by atoms with Gasteiger partial charge >= 0.3 is 0 Å². The minimum atomic E-state index is -0.208. The van der Waals surface area contributed by atoms with Crippen molar-refractivity contribution in [3.05, 3.63) is 0 Å². The number of rotatable bonds is 6. The highest BCUT2D eigenvalue weighted by atomic mass is 16.1. The molecular formula is C12H32N4O. The number of primary amides is 1. The van der Waals surface area contributed by atoms with E-state index in [0.29, 0.717) is 6.42 Å². The van der Waals surface area contributed by atoms with Gasteiger partial charge in [-0.3, -0.25) is 4.79 Å². The first-order valence-electron chi connectivity index (χ1n) is 6.65. The maximum atomic E-state index is 10.6. The summed E-state index contributed by atoms with van der Waals surface area (Å²) in [5.74, 6) is -0.208. The second-order valence-electron chi connectivity index (χ2n) is 4.04. The van der Waals surface area contributed by atoms with E-state index in [4.69, 9.17) is 11.5 Å². The second kappa shape index (κ2) is 10.5. The Hall–Kier alpha value is -0.650. The number of carbonyl (C=O) groups excluding carboxylic acids is 1. The Morgan fingerprint density at radius 2 is 1.59 bits per heavy atom. The normalized spacial score (nSPS) is 17.4. The first kappa shape index (κ1) is 16.4. The van der Waals surface area contributed by atoms with Crippen molar-refractivity contribution in [3.8, 4) is 0 Å². The van der Waals surface area contributed by atoms with Crippen molar-refractivity contribution in [1.82, 2.24) is 9.80 Å². The molecule has 1 amide bonds. The average molecular weight is 248 g/mol. The van der Waals surface area contributed by atoms with E-state index in [2.05, 4.69) is 9.80 Å². The van der Waals surface area contributed by atoms with E-state index in [1.807, 2.05) is 13.8 Å². The van der Waals surface area contributed by atoms with Gasteiger partial charge in [0.1, 0.15) is 0 Å². The number of hydrogen-bond donors (Lipinski definition) is 2. The summed E-state index contributed by atoms with van der Waals surface area (Å²) >= 11 is 0. The zero-order valence-corrected chi connectivity index (χ0v) is 11.3. The van der Waals surface area contributed by atoms with E-state index in [-0.39, 0.29) is 8.76 Å². The topological polar surface area (TPSA) is 75.6 Å². The summed E-state index contributed by atoms with van der Waals surface area (Å²) in [6.45, 7) is 10.9. The minimum absolute atomic E-state index is 0. The van der Waals surface area contributed by atoms with Crippen LogP contribution in [0.5, 0.6) is 0 Å². The second-order valence-corrected chi connectivity index (χ2v) is 4.04. The van der Waals surface area contributed by atoms with Gasteiger partial charge in [-0.1, -0.05) is 13.8 Å². The molecule has 0 aromatic heterocycles. The zero-order valence-electron chi connectivity index (χ0n) is 11.3. The summed E-state index contributed by atoms with van der Waals surface area (Å²) in [6, 6.07) is 0. The van der Waals surface area contributed by atoms with Crippen LogP contribution in [0.25, 0.3) is 0 Å². The van der Waals surface area contributed by atoms with Crippen molar-refractivity contribution in [2.45, 2.75) is 26.7 Å². The van der Waals surface area contributed by atoms with Gasteiger partial charge in [0.2, 0.25) is 5.91 Å². The van der Waals surface area contributed by atoms with Crippen LogP contribution >= 0.6 is 0 Å². The molecule has 17 heavy (non-hydrogen) atoms. The quantitative estimate of drug-likeness (QED) is 0.711. The van der Waals surface area contributed by atoms with E-state index in [9.17, 15) is 4.79 Å². The van der Waals surface area contributed by atoms with Gasteiger partial charge in [-0.25, -0.2) is 0 Å². The van der Waals surface area contributed by atoms with E-state index in [1.165, 1.54) is 0 Å². The Bertz CT molecular complexity index is 200. The van der Waals surface area contributed by atoms with Crippen LogP contribution < -0.4 is 11.5 Å². The number of nitrogens with two attached hydrogens (primary N) is 2. The Morgan fingerprint density at radius 3 is 2.00 bits per heavy atom. The van der Waals surface area contributed by atoms with Crippen LogP contribution in [0.4, 0.5) is 0 Å². The van der Waals surface area contributed by atoms with E-state index in [1.54, 1.807) is 0 Å². The summed E-state index contributed by atoms with van der Waals surface area (Å²) in [5.41, 5.74) is 10.6. The fourth-order valence-corrected chi connectivity index (χ4v) is 1.82. The number of carbonyl (C=O) groups is 1. The van der Waals surface area contributed by atoms with Crippen molar-refractivity contribution >= 4 is 5.91 Å². The number of nitrogens with zero attached hydrogens (tertiary/aromatic N) is 2. The van der Waals surface area contributed by atoms with Gasteiger partial charge in [0, 0.05) is 42.0 Å². The van der Waals surface area contributed by atoms with Crippen LogP contribution in [0.15, 0.2) is 0 Å². The highest BCUT2D eigenvalue weighted by molar-refractivity contribution is 5.73. The van der Waals surface area contributed by atoms with Gasteiger partial charge in [-0.2, -0.15) is 0 Å². The van der Waals surface area contributed by atoms with Crippen LogP contribution in [-0.4, -0.2) is 61.5 Å². The SMILES string of the molecule is CC.NCCCN1CCN(CCC(N)=O)CC1.[HH].[HH]. The molecule has 0 aromatic rings. The molecule has 1 aliphatic heterocycles. The van der Waals surface area contributed by atoms with Crippen LogP contribution in [0.3, 0.4) is 0 Å². The first-order chi connectivity index (χ1) is 8.22. The number of hydrogen-bond acceptors (Lipinski definition) is 4. The third kappa shape index (κ3) is 8.12. The molecule has 0 atom stereocenters. The monoisotopic (exact) mass is 248 g/mol. The molecular weight excluding hydrogens is 216 g/mol. The molecule has 1 saturated heterocycles. The number of amides is 1. The van der Waals surface area contributed by atoms with E-state index >= 15 is 0 Å². The van der Waals surface area contributed by atoms with Crippen molar-refractivity contribution in [3.63, 3.8) is 0 Å². The summed E-state index contributed by atoms with van der Waals surface area (Å²) in [6.07, 6.45) is 1.55. The summed E-state index contributed by atoms with van der Waals surface area (Å²) in [4.78, 5) is 15.3. The molecule has 1 rings (SSSR count). The molecule has 0 bridgehead atoms. The van der Waals surface area contributed by atoms with Crippen LogP contribution in [0.2, 0.25) is 0 Å². The van der Waals surface area contributed by atoms with E-state index in [0.717, 1.165) is 52.2 Å². The molecule has 5 nitrogen and oxygen atoms in total. The molecule has 0 spiro atoms. The Labute approximate surface area is 108 Å². The fourth-order valence-electron chi connectivity index (χ4n) is 1.82. The smallest absolute Gasteiger partial charge is 0.218 e. The number of piperazine rings is 1. The Morgan fingerprint density at radius 1 is 1.12 bits per heavy atom. The lowest BCUT2D eigenvalue weighted by Crippen LogP contribution is -2.47. The van der Waals surface area contributed by atoms with Gasteiger partial charge in [-0.05, 0) is 19.5 Å². The molecule has 0 unspecified atom stereocenters. The molecule has 1 fully saturated rings. The molecule has 0 saturated carbocycles. The zero-order chi connectivity index (χ0) is 13.1. The van der Waals surface area contributed by atoms with Gasteiger partial charge < -0.3 is 21.3 Å². The van der Waals surface area contributed by atoms with Crippen molar-refractivity contribution in [2.75, 3.05) is 45.8 Å². The standard InChI is InChI=1S/C10H22N4O.C2H6.2H2/c11-3-1-4-13-6-8-14(9-7-13)5-2-10(12)15;1-2;;/h1-9,11H2,(H2,12,15);1-2H3;2*1H. The maximum Gasteiger partial charge on any atom is 0.218 e. The average Bonchev–Trinajstić information content (AvgIpc) is 2.37.